The zero-order valence-corrected chi connectivity index (χ0v) is 15.3. The Morgan fingerprint density at radius 1 is 1.08 bits per heavy atom. The van der Waals surface area contributed by atoms with Crippen LogP contribution >= 0.6 is 22.6 Å². The van der Waals surface area contributed by atoms with E-state index in [-0.39, 0.29) is 5.43 Å². The zero-order chi connectivity index (χ0) is 16.7. The highest BCUT2D eigenvalue weighted by atomic mass is 127. The average Bonchev–Trinajstić information content (AvgIpc) is 2.60. The summed E-state index contributed by atoms with van der Waals surface area (Å²) in [6.45, 7) is 1.98. The van der Waals surface area contributed by atoms with E-state index in [2.05, 4.69) is 50.8 Å². The molecule has 2 heterocycles. The number of hydrogen-bond acceptors (Lipinski definition) is 2. The van der Waals surface area contributed by atoms with Crippen molar-refractivity contribution in [2.75, 3.05) is 0 Å². The number of H-pyrrole nitrogens is 1. The third-order valence-electron chi connectivity index (χ3n) is 4.30. The first-order chi connectivity index (χ1) is 11.6. The standard InChI is InChI=1S/C20H15IN2O/c1-12-6-7-13(10-22-12)8-14-9-17-19(23-11-18(21)20(17)24)16-5-3-2-4-15(14)16/h2-7,9-11H,8H2,1H3,(H,23,24). The number of rotatable bonds is 2. The van der Waals surface area contributed by atoms with Crippen LogP contribution in [0.15, 0.2) is 59.7 Å². The molecule has 2 aromatic carbocycles. The van der Waals surface area contributed by atoms with Gasteiger partial charge in [0.05, 0.1) is 9.09 Å². The molecule has 0 saturated heterocycles. The summed E-state index contributed by atoms with van der Waals surface area (Å²) < 4.78 is 0.707. The lowest BCUT2D eigenvalue weighted by atomic mass is 9.96. The Morgan fingerprint density at radius 3 is 2.62 bits per heavy atom. The number of aryl methyl sites for hydroxylation is 1. The van der Waals surface area contributed by atoms with Crippen molar-refractivity contribution >= 4 is 44.3 Å². The van der Waals surface area contributed by atoms with Crippen molar-refractivity contribution < 1.29 is 0 Å². The summed E-state index contributed by atoms with van der Waals surface area (Å²) >= 11 is 2.08. The summed E-state index contributed by atoms with van der Waals surface area (Å²) in [5, 5.41) is 3.00. The summed E-state index contributed by atoms with van der Waals surface area (Å²) in [4.78, 5) is 20.2. The van der Waals surface area contributed by atoms with E-state index in [1.54, 1.807) is 6.20 Å². The highest BCUT2D eigenvalue weighted by molar-refractivity contribution is 14.1. The van der Waals surface area contributed by atoms with Crippen LogP contribution in [0.3, 0.4) is 0 Å². The highest BCUT2D eigenvalue weighted by Crippen LogP contribution is 2.27. The molecule has 0 bridgehead atoms. The van der Waals surface area contributed by atoms with E-state index < -0.39 is 0 Å². The van der Waals surface area contributed by atoms with Crippen molar-refractivity contribution in [3.05, 3.63) is 85.5 Å². The Morgan fingerprint density at radius 2 is 1.88 bits per heavy atom. The smallest absolute Gasteiger partial charge is 0.202 e. The molecule has 118 valence electrons. The number of pyridine rings is 2. The summed E-state index contributed by atoms with van der Waals surface area (Å²) in [6, 6.07) is 14.4. The van der Waals surface area contributed by atoms with Crippen LogP contribution in [0.25, 0.3) is 21.7 Å². The molecule has 0 atom stereocenters. The molecular formula is C20H15IN2O. The van der Waals surface area contributed by atoms with Crippen LogP contribution in [-0.4, -0.2) is 9.97 Å². The highest BCUT2D eigenvalue weighted by Gasteiger charge is 2.11. The second-order valence-corrected chi connectivity index (χ2v) is 7.12. The number of halogens is 1. The fraction of sp³-hybridized carbons (Fsp3) is 0.100. The second-order valence-electron chi connectivity index (χ2n) is 5.95. The van der Waals surface area contributed by atoms with Gasteiger partial charge < -0.3 is 4.98 Å². The van der Waals surface area contributed by atoms with Crippen LogP contribution in [-0.2, 0) is 6.42 Å². The molecule has 4 aromatic rings. The minimum absolute atomic E-state index is 0.0818. The zero-order valence-electron chi connectivity index (χ0n) is 13.1. The fourth-order valence-electron chi connectivity index (χ4n) is 3.08. The van der Waals surface area contributed by atoms with Gasteiger partial charge in [0.25, 0.3) is 0 Å². The van der Waals surface area contributed by atoms with Crippen LogP contribution in [0.1, 0.15) is 16.8 Å². The summed E-state index contributed by atoms with van der Waals surface area (Å²) in [7, 11) is 0. The third kappa shape index (κ3) is 2.60. The van der Waals surface area contributed by atoms with Crippen molar-refractivity contribution in [3.8, 4) is 0 Å². The predicted molar refractivity (Wildman–Crippen MR) is 107 cm³/mol. The molecule has 4 rings (SSSR count). The van der Waals surface area contributed by atoms with E-state index in [9.17, 15) is 4.79 Å². The lowest BCUT2D eigenvalue weighted by Crippen LogP contribution is -2.07. The average molecular weight is 426 g/mol. The van der Waals surface area contributed by atoms with E-state index in [1.807, 2.05) is 37.4 Å². The first-order valence-electron chi connectivity index (χ1n) is 7.76. The summed E-state index contributed by atoms with van der Waals surface area (Å²) in [6.07, 6.45) is 4.45. The van der Waals surface area contributed by atoms with Gasteiger partial charge in [-0.1, -0.05) is 30.3 Å². The normalized spacial score (nSPS) is 11.2. The van der Waals surface area contributed by atoms with E-state index in [4.69, 9.17) is 0 Å². The number of nitrogens with zero attached hydrogens (tertiary/aromatic N) is 1. The maximum atomic E-state index is 12.6. The largest absolute Gasteiger partial charge is 0.359 e. The van der Waals surface area contributed by atoms with Crippen LogP contribution in [0.5, 0.6) is 0 Å². The maximum Gasteiger partial charge on any atom is 0.202 e. The third-order valence-corrected chi connectivity index (χ3v) is 5.10. The predicted octanol–water partition coefficient (Wildman–Crippen LogP) is 4.58. The lowest BCUT2D eigenvalue weighted by Gasteiger charge is -2.11. The van der Waals surface area contributed by atoms with Gasteiger partial charge in [-0.05, 0) is 64.6 Å². The maximum absolute atomic E-state index is 12.6. The van der Waals surface area contributed by atoms with Gasteiger partial charge in [0, 0.05) is 28.9 Å². The summed E-state index contributed by atoms with van der Waals surface area (Å²) in [5.74, 6) is 0. The first kappa shape index (κ1) is 15.3. The number of aromatic nitrogens is 2. The number of nitrogens with one attached hydrogen (secondary N) is 1. The number of benzene rings is 2. The number of hydrogen-bond donors (Lipinski definition) is 1. The first-order valence-corrected chi connectivity index (χ1v) is 8.84. The Kier molecular flexibility index (Phi) is 3.84. The summed E-state index contributed by atoms with van der Waals surface area (Å²) in [5.41, 5.74) is 4.29. The van der Waals surface area contributed by atoms with Crippen molar-refractivity contribution in [1.29, 1.82) is 0 Å². The Hall–Kier alpha value is -2.21. The topological polar surface area (TPSA) is 45.8 Å². The van der Waals surface area contributed by atoms with E-state index in [0.717, 1.165) is 39.5 Å². The van der Waals surface area contributed by atoms with Crippen molar-refractivity contribution in [2.24, 2.45) is 0 Å². The lowest BCUT2D eigenvalue weighted by molar-refractivity contribution is 1.12. The molecule has 0 aliphatic heterocycles. The molecule has 3 nitrogen and oxygen atoms in total. The van der Waals surface area contributed by atoms with Crippen LogP contribution in [0.4, 0.5) is 0 Å². The molecule has 2 aromatic heterocycles. The van der Waals surface area contributed by atoms with Gasteiger partial charge >= 0.3 is 0 Å². The monoisotopic (exact) mass is 426 g/mol. The molecule has 0 radical (unpaired) electrons. The van der Waals surface area contributed by atoms with E-state index in [1.165, 1.54) is 5.39 Å². The molecule has 0 unspecified atom stereocenters. The molecule has 0 aliphatic carbocycles. The molecule has 0 fully saturated rings. The molecule has 1 N–H and O–H groups in total. The van der Waals surface area contributed by atoms with E-state index in [0.29, 0.717) is 3.57 Å². The van der Waals surface area contributed by atoms with Gasteiger partial charge in [-0.25, -0.2) is 0 Å². The second kappa shape index (κ2) is 6.02. The Balaban J connectivity index is 2.00. The quantitative estimate of drug-likeness (QED) is 0.377. The van der Waals surface area contributed by atoms with Gasteiger partial charge in [-0.3, -0.25) is 9.78 Å². The molecule has 0 amide bonds. The van der Waals surface area contributed by atoms with Crippen molar-refractivity contribution in [1.82, 2.24) is 9.97 Å². The minimum Gasteiger partial charge on any atom is -0.359 e. The SMILES string of the molecule is Cc1ccc(Cc2cc3c(=O)c(I)c[nH]c3c3ccccc23)cn1. The molecule has 4 heteroatoms. The van der Waals surface area contributed by atoms with Gasteiger partial charge in [-0.15, -0.1) is 0 Å². The van der Waals surface area contributed by atoms with Crippen molar-refractivity contribution in [3.63, 3.8) is 0 Å². The Bertz CT molecular complexity index is 1110. The van der Waals surface area contributed by atoms with Gasteiger partial charge in [-0.2, -0.15) is 0 Å². The van der Waals surface area contributed by atoms with Crippen LogP contribution in [0, 0.1) is 10.5 Å². The molecule has 0 saturated carbocycles. The van der Waals surface area contributed by atoms with Crippen molar-refractivity contribution in [2.45, 2.75) is 13.3 Å². The molecule has 0 spiro atoms. The minimum atomic E-state index is 0.0818. The number of fused-ring (bicyclic) bond motifs is 3. The van der Waals surface area contributed by atoms with Gasteiger partial charge in [0.2, 0.25) is 5.43 Å². The number of aromatic amines is 1. The Labute approximate surface area is 152 Å². The van der Waals surface area contributed by atoms with E-state index >= 15 is 0 Å². The molecule has 24 heavy (non-hydrogen) atoms. The van der Waals surface area contributed by atoms with Gasteiger partial charge in [0.15, 0.2) is 0 Å². The van der Waals surface area contributed by atoms with Crippen LogP contribution < -0.4 is 5.43 Å². The van der Waals surface area contributed by atoms with Gasteiger partial charge in [0.1, 0.15) is 0 Å². The fourth-order valence-corrected chi connectivity index (χ4v) is 3.53. The molecule has 0 aliphatic rings. The van der Waals surface area contributed by atoms with Crippen LogP contribution in [0.2, 0.25) is 0 Å². The molecular weight excluding hydrogens is 411 g/mol.